The molecule has 1 aliphatic heterocycles. The van der Waals surface area contributed by atoms with E-state index < -0.39 is 21.5 Å². The summed E-state index contributed by atoms with van der Waals surface area (Å²) in [5.41, 5.74) is 1.49. The number of aromatic nitrogens is 1. The Balaban J connectivity index is 1.63. The molecule has 0 spiro atoms. The second-order valence-electron chi connectivity index (χ2n) is 10.1. The lowest BCUT2D eigenvalue weighted by Gasteiger charge is -2.26. The zero-order valence-electron chi connectivity index (χ0n) is 23.6. The second-order valence-corrected chi connectivity index (χ2v) is 13.5. The van der Waals surface area contributed by atoms with E-state index in [4.69, 9.17) is 16.9 Å². The van der Waals surface area contributed by atoms with Gasteiger partial charge in [-0.25, -0.2) is 8.42 Å². The van der Waals surface area contributed by atoms with Crippen LogP contribution in [0.2, 0.25) is 5.02 Å². The summed E-state index contributed by atoms with van der Waals surface area (Å²) in [5, 5.41) is 22.4. The monoisotopic (exact) mass is 643 g/mol. The molecule has 0 saturated carbocycles. The Morgan fingerprint density at radius 3 is 2.41 bits per heavy atom. The first-order chi connectivity index (χ1) is 21.1. The van der Waals surface area contributed by atoms with E-state index in [1.54, 1.807) is 55.5 Å². The number of rotatable bonds is 6. The van der Waals surface area contributed by atoms with E-state index in [9.17, 15) is 23.3 Å². The summed E-state index contributed by atoms with van der Waals surface area (Å²) in [6.45, 7) is 2.60. The van der Waals surface area contributed by atoms with Crippen LogP contribution in [0.5, 0.6) is 0 Å². The van der Waals surface area contributed by atoms with Crippen LogP contribution in [0.15, 0.2) is 76.4 Å². The van der Waals surface area contributed by atoms with E-state index in [1.807, 2.05) is 12.1 Å². The first-order valence-electron chi connectivity index (χ1n) is 13.7. The summed E-state index contributed by atoms with van der Waals surface area (Å²) in [7, 11) is -3.75. The first-order valence-corrected chi connectivity index (χ1v) is 16.3. The molecule has 1 N–H and O–H groups in total. The number of piperidine rings is 1. The van der Waals surface area contributed by atoms with Crippen LogP contribution in [0.3, 0.4) is 0 Å². The number of thiazole rings is 1. The maximum Gasteiger partial charge on any atom is 0.273 e. The third-order valence-electron chi connectivity index (χ3n) is 7.24. The summed E-state index contributed by atoms with van der Waals surface area (Å²) in [6.07, 6.45) is 4.17. The standard InChI is InChI=1S/C32H26ClN5O4S2/c1-21-27(33)9-6-10-28(21)38-31(40)29(17-22-11-13-23(19-34)14-12-22)43-32(38)26(20-35)30(39)36-24-7-5-8-25(18-24)44(41,42)37-15-3-2-4-16-37/h5-14,17-18H,2-4,15-16H2,1H3,(H,36,39)/b29-17-,32-26-. The number of amides is 1. The number of anilines is 1. The highest BCUT2D eigenvalue weighted by atomic mass is 35.5. The lowest BCUT2D eigenvalue weighted by Crippen LogP contribution is -2.35. The van der Waals surface area contributed by atoms with Gasteiger partial charge < -0.3 is 5.32 Å². The van der Waals surface area contributed by atoms with Gasteiger partial charge in [0.1, 0.15) is 10.7 Å². The topological polar surface area (TPSA) is 136 Å². The van der Waals surface area contributed by atoms with E-state index in [-0.39, 0.29) is 25.4 Å². The van der Waals surface area contributed by atoms with Crippen LogP contribution in [0.4, 0.5) is 5.69 Å². The minimum atomic E-state index is -3.75. The third-order valence-corrected chi connectivity index (χ3v) is 10.6. The van der Waals surface area contributed by atoms with Gasteiger partial charge in [0.15, 0.2) is 5.57 Å². The van der Waals surface area contributed by atoms with Gasteiger partial charge >= 0.3 is 0 Å². The Labute approximate surface area is 263 Å². The number of nitriles is 2. The Kier molecular flexibility index (Phi) is 9.14. The number of hydrogen-bond donors (Lipinski definition) is 1. The molecule has 0 unspecified atom stereocenters. The Hall–Kier alpha value is -4.52. The molecule has 0 atom stereocenters. The highest BCUT2D eigenvalue weighted by molar-refractivity contribution is 7.89. The van der Waals surface area contributed by atoms with Gasteiger partial charge in [0.25, 0.3) is 11.5 Å². The summed E-state index contributed by atoms with van der Waals surface area (Å²) >= 11 is 7.34. The molecule has 0 radical (unpaired) electrons. The fourth-order valence-electron chi connectivity index (χ4n) is 4.89. The Bertz CT molecular complexity index is 2130. The van der Waals surface area contributed by atoms with Crippen LogP contribution >= 0.6 is 22.9 Å². The molecule has 0 bridgehead atoms. The molecule has 44 heavy (non-hydrogen) atoms. The van der Waals surface area contributed by atoms with Crippen LogP contribution in [0, 0.1) is 29.6 Å². The van der Waals surface area contributed by atoms with Gasteiger partial charge in [0.05, 0.1) is 26.7 Å². The SMILES string of the molecule is Cc1c(Cl)cccc1-n1c(=O)/c(=C/c2ccc(C#N)cc2)s/c1=C(/C#N)C(=O)Nc1cccc(S(=O)(=O)N2CCCCC2)c1. The predicted octanol–water partition coefficient (Wildman–Crippen LogP) is 4.05. The minimum absolute atomic E-state index is 0.0394. The van der Waals surface area contributed by atoms with Crippen molar-refractivity contribution in [2.45, 2.75) is 31.1 Å². The van der Waals surface area contributed by atoms with Crippen molar-refractivity contribution < 1.29 is 13.2 Å². The molecule has 0 aliphatic carbocycles. The Morgan fingerprint density at radius 2 is 1.73 bits per heavy atom. The van der Waals surface area contributed by atoms with Crippen molar-refractivity contribution in [1.82, 2.24) is 8.87 Å². The molecule has 12 heteroatoms. The minimum Gasteiger partial charge on any atom is -0.321 e. The van der Waals surface area contributed by atoms with Crippen molar-refractivity contribution in [2.24, 2.45) is 0 Å². The molecule has 1 amide bonds. The van der Waals surface area contributed by atoms with E-state index in [0.29, 0.717) is 40.5 Å². The highest BCUT2D eigenvalue weighted by Gasteiger charge is 2.26. The van der Waals surface area contributed by atoms with Crippen LogP contribution < -0.4 is 20.1 Å². The van der Waals surface area contributed by atoms with Crippen molar-refractivity contribution >= 4 is 56.2 Å². The number of carbonyl (C=O) groups is 1. The van der Waals surface area contributed by atoms with Gasteiger partial charge in [-0.1, -0.05) is 42.3 Å². The summed E-state index contributed by atoms with van der Waals surface area (Å²) in [4.78, 5) is 27.4. The molecule has 1 saturated heterocycles. The molecule has 1 fully saturated rings. The molecule has 4 aromatic rings. The number of carbonyl (C=O) groups excluding carboxylic acids is 1. The number of nitrogens with one attached hydrogen (secondary N) is 1. The van der Waals surface area contributed by atoms with Gasteiger partial charge in [-0.15, -0.1) is 11.3 Å². The summed E-state index contributed by atoms with van der Waals surface area (Å²) < 4.78 is 29.5. The van der Waals surface area contributed by atoms with Gasteiger partial charge in [-0.3, -0.25) is 14.2 Å². The summed E-state index contributed by atoms with van der Waals surface area (Å²) in [6, 6.07) is 21.5. The van der Waals surface area contributed by atoms with Crippen molar-refractivity contribution in [1.29, 1.82) is 10.5 Å². The van der Waals surface area contributed by atoms with Crippen molar-refractivity contribution in [2.75, 3.05) is 18.4 Å². The van der Waals surface area contributed by atoms with E-state index >= 15 is 0 Å². The Morgan fingerprint density at radius 1 is 1.02 bits per heavy atom. The maximum atomic E-state index is 13.8. The predicted molar refractivity (Wildman–Crippen MR) is 170 cm³/mol. The van der Waals surface area contributed by atoms with Gasteiger partial charge in [-0.2, -0.15) is 14.8 Å². The lowest BCUT2D eigenvalue weighted by atomic mass is 10.1. The van der Waals surface area contributed by atoms with Gasteiger partial charge in [0, 0.05) is 23.8 Å². The molecule has 1 aliphatic rings. The number of hydrogen-bond acceptors (Lipinski definition) is 7. The maximum absolute atomic E-state index is 13.8. The van der Waals surface area contributed by atoms with Gasteiger partial charge in [-0.05, 0) is 79.4 Å². The van der Waals surface area contributed by atoms with E-state index in [1.165, 1.54) is 33.1 Å². The number of halogens is 1. The fourth-order valence-corrected chi connectivity index (χ4v) is 7.72. The van der Waals surface area contributed by atoms with Crippen molar-refractivity contribution in [3.8, 4) is 17.8 Å². The summed E-state index contributed by atoms with van der Waals surface area (Å²) in [5.74, 6) is -0.806. The molecule has 9 nitrogen and oxygen atoms in total. The van der Waals surface area contributed by atoms with Crippen LogP contribution in [-0.4, -0.2) is 36.3 Å². The fraction of sp³-hybridized carbons (Fsp3) is 0.188. The van der Waals surface area contributed by atoms with Crippen molar-refractivity contribution in [3.63, 3.8) is 0 Å². The number of nitrogens with zero attached hydrogens (tertiary/aromatic N) is 4. The molecular formula is C32H26ClN5O4S2. The molecule has 3 aromatic carbocycles. The molecule has 2 heterocycles. The first kappa shape index (κ1) is 30.9. The van der Waals surface area contributed by atoms with Gasteiger partial charge in [0.2, 0.25) is 10.0 Å². The molecule has 5 rings (SSSR count). The average Bonchev–Trinajstić information content (AvgIpc) is 3.34. The molecular weight excluding hydrogens is 618 g/mol. The van der Waals surface area contributed by atoms with E-state index in [2.05, 4.69) is 5.32 Å². The zero-order valence-corrected chi connectivity index (χ0v) is 26.0. The normalized spacial score (nSPS) is 14.9. The second kappa shape index (κ2) is 13.0. The average molecular weight is 644 g/mol. The molecule has 222 valence electrons. The van der Waals surface area contributed by atoms with E-state index in [0.717, 1.165) is 30.6 Å². The number of benzene rings is 3. The lowest BCUT2D eigenvalue weighted by molar-refractivity contribution is -0.111. The van der Waals surface area contributed by atoms with Crippen LogP contribution in [-0.2, 0) is 14.8 Å². The third kappa shape index (κ3) is 6.23. The quantitative estimate of drug-likeness (QED) is 0.337. The molecule has 1 aromatic heterocycles. The van der Waals surface area contributed by atoms with Crippen molar-refractivity contribution in [3.05, 3.63) is 108 Å². The largest absolute Gasteiger partial charge is 0.321 e. The highest BCUT2D eigenvalue weighted by Crippen LogP contribution is 2.24. The zero-order chi connectivity index (χ0) is 31.4. The smallest absolute Gasteiger partial charge is 0.273 e. The van der Waals surface area contributed by atoms with Crippen LogP contribution in [0.1, 0.15) is 36.0 Å². The van der Waals surface area contributed by atoms with Crippen LogP contribution in [0.25, 0.3) is 17.3 Å². The number of sulfonamides is 1.